The van der Waals surface area contributed by atoms with Gasteiger partial charge in [-0.15, -0.1) is 0 Å². The molecule has 0 aromatic heterocycles. The molecule has 2 heterocycles. The van der Waals surface area contributed by atoms with Gasteiger partial charge in [0.2, 0.25) is 0 Å². The van der Waals surface area contributed by atoms with Crippen LogP contribution in [-0.4, -0.2) is 14.1 Å². The van der Waals surface area contributed by atoms with Crippen LogP contribution in [0.15, 0.2) is 129 Å². The van der Waals surface area contributed by atoms with Gasteiger partial charge in [-0.3, -0.25) is 0 Å². The molecular weight excluding hydrogens is 670 g/mol. The predicted octanol–water partition coefficient (Wildman–Crippen LogP) is 11.8. The number of likely N-dealkylation sites (N-methyl/N-ethyl adjacent to an activating group) is 2. The van der Waals surface area contributed by atoms with Gasteiger partial charge in [0, 0.05) is 63.8 Å². The number of allylic oxidation sites excluding steroid dienone is 2. The topological polar surface area (TPSA) is 28.1 Å². The highest BCUT2D eigenvalue weighted by Gasteiger charge is 2.43. The standard InChI is InChI=1S/C37H36BrF3N3OP/c1-35(2)29-14-7-9-16-31(29)43(5)33(35)23-46(45-28-20-18-26(38)19-21-28,42-27-13-11-12-25(22-27)37(39,40)41)24-34-36(3,4)30-15-8-10-17-32(30)44(34)6/h7-24H,1-6H3/b33-23-,34-24?. The number of halogens is 4. The van der Waals surface area contributed by atoms with Crippen LogP contribution in [0.1, 0.15) is 44.4 Å². The van der Waals surface area contributed by atoms with Crippen LogP contribution in [0.4, 0.5) is 30.2 Å². The fraction of sp³-hybridized carbons (Fsp3) is 0.243. The van der Waals surface area contributed by atoms with Crippen LogP contribution in [0.5, 0.6) is 5.75 Å². The molecule has 4 aromatic carbocycles. The molecule has 4 aromatic rings. The van der Waals surface area contributed by atoms with E-state index in [1.165, 1.54) is 6.07 Å². The number of rotatable bonds is 5. The number of fused-ring (bicyclic) bond motifs is 2. The summed E-state index contributed by atoms with van der Waals surface area (Å²) in [6.45, 7) is 8.64. The van der Waals surface area contributed by atoms with E-state index < -0.39 is 29.9 Å². The third kappa shape index (κ3) is 5.71. The van der Waals surface area contributed by atoms with Crippen molar-refractivity contribution in [3.8, 4) is 5.75 Å². The van der Waals surface area contributed by atoms with E-state index in [1.807, 2.05) is 62.6 Å². The quantitative estimate of drug-likeness (QED) is 0.193. The minimum absolute atomic E-state index is 0.195. The molecule has 6 rings (SSSR count). The number of hydrogen-bond acceptors (Lipinski definition) is 4. The molecule has 1 atom stereocenters. The Morgan fingerprint density at radius 2 is 1.22 bits per heavy atom. The Morgan fingerprint density at radius 3 is 1.70 bits per heavy atom. The van der Waals surface area contributed by atoms with Crippen molar-refractivity contribution in [2.24, 2.45) is 4.74 Å². The number of para-hydroxylation sites is 2. The van der Waals surface area contributed by atoms with Crippen LogP contribution < -0.4 is 14.3 Å². The molecule has 2 aliphatic heterocycles. The first-order valence-corrected chi connectivity index (χ1v) is 17.6. The molecule has 0 amide bonds. The molecule has 2 aliphatic rings. The number of hydrogen-bond donors (Lipinski definition) is 0. The average Bonchev–Trinajstić information content (AvgIpc) is 3.32. The predicted molar refractivity (Wildman–Crippen MR) is 187 cm³/mol. The Kier molecular flexibility index (Phi) is 8.05. The molecule has 0 N–H and O–H groups in total. The molecule has 0 saturated heterocycles. The van der Waals surface area contributed by atoms with Gasteiger partial charge in [0.25, 0.3) is 0 Å². The molecular formula is C37H36BrF3N3OP. The van der Waals surface area contributed by atoms with Gasteiger partial charge in [0.1, 0.15) is 5.75 Å². The van der Waals surface area contributed by atoms with Crippen LogP contribution in [0, 0.1) is 0 Å². The van der Waals surface area contributed by atoms with E-state index in [1.54, 1.807) is 6.07 Å². The molecule has 0 fully saturated rings. The van der Waals surface area contributed by atoms with Gasteiger partial charge in [-0.05, 0) is 65.7 Å². The summed E-state index contributed by atoms with van der Waals surface area (Å²) in [6.07, 6.45) is -4.51. The molecule has 9 heteroatoms. The summed E-state index contributed by atoms with van der Waals surface area (Å²) >= 11 is 3.51. The fourth-order valence-electron chi connectivity index (χ4n) is 6.57. The first kappa shape index (κ1) is 32.2. The van der Waals surface area contributed by atoms with Gasteiger partial charge in [-0.1, -0.05) is 86.1 Å². The van der Waals surface area contributed by atoms with Gasteiger partial charge >= 0.3 is 6.18 Å². The third-order valence-electron chi connectivity index (χ3n) is 9.01. The highest BCUT2D eigenvalue weighted by atomic mass is 79.9. The first-order chi connectivity index (χ1) is 21.6. The van der Waals surface area contributed by atoms with E-state index in [9.17, 15) is 13.2 Å². The second-order valence-corrected chi connectivity index (χ2v) is 16.0. The largest absolute Gasteiger partial charge is 0.453 e. The Balaban J connectivity index is 1.69. The van der Waals surface area contributed by atoms with E-state index in [2.05, 4.69) is 89.3 Å². The lowest BCUT2D eigenvalue weighted by molar-refractivity contribution is -0.137. The van der Waals surface area contributed by atoms with Gasteiger partial charge in [0.15, 0.2) is 7.28 Å². The SMILES string of the molecule is CN1C(=CP(/C=C2\N(C)c3ccccc3C2(C)C)(=Nc2cccc(C(F)(F)F)c2)Oc2ccc(Br)cc2)C(C)(C)c2ccccc21. The van der Waals surface area contributed by atoms with Crippen molar-refractivity contribution in [2.75, 3.05) is 23.9 Å². The summed E-state index contributed by atoms with van der Waals surface area (Å²) in [7, 11) is 0.759. The fourth-order valence-corrected chi connectivity index (χ4v) is 9.81. The zero-order valence-electron chi connectivity index (χ0n) is 26.6. The minimum Gasteiger partial charge on any atom is -0.453 e. The van der Waals surface area contributed by atoms with Gasteiger partial charge in [-0.25, -0.2) is 4.74 Å². The number of alkyl halides is 3. The molecule has 46 heavy (non-hydrogen) atoms. The lowest BCUT2D eigenvalue weighted by Crippen LogP contribution is -2.24. The molecule has 1 unspecified atom stereocenters. The average molecular weight is 707 g/mol. The van der Waals surface area contributed by atoms with Crippen molar-refractivity contribution in [2.45, 2.75) is 44.7 Å². The Labute approximate surface area is 277 Å². The lowest BCUT2D eigenvalue weighted by Gasteiger charge is -2.31. The molecule has 0 spiro atoms. The van der Waals surface area contributed by atoms with E-state index >= 15 is 0 Å². The smallest absolute Gasteiger partial charge is 0.416 e. The number of nitrogens with zero attached hydrogens (tertiary/aromatic N) is 3. The molecule has 0 radical (unpaired) electrons. The van der Waals surface area contributed by atoms with E-state index in [0.29, 0.717) is 5.75 Å². The van der Waals surface area contributed by atoms with Crippen molar-refractivity contribution in [1.29, 1.82) is 0 Å². The van der Waals surface area contributed by atoms with Crippen LogP contribution in [0.25, 0.3) is 0 Å². The van der Waals surface area contributed by atoms with E-state index in [0.717, 1.165) is 50.5 Å². The Hall–Kier alpha value is -3.74. The minimum atomic E-state index is -4.51. The van der Waals surface area contributed by atoms with Crippen molar-refractivity contribution in [3.63, 3.8) is 0 Å². The van der Waals surface area contributed by atoms with Gasteiger partial charge < -0.3 is 14.3 Å². The van der Waals surface area contributed by atoms with Gasteiger partial charge in [0.05, 0.1) is 11.3 Å². The summed E-state index contributed by atoms with van der Waals surface area (Å²) < 4.78 is 54.9. The highest BCUT2D eigenvalue weighted by Crippen LogP contribution is 2.63. The van der Waals surface area contributed by atoms with Crippen molar-refractivity contribution in [1.82, 2.24) is 0 Å². The van der Waals surface area contributed by atoms with Crippen LogP contribution in [0.2, 0.25) is 0 Å². The monoisotopic (exact) mass is 705 g/mol. The lowest BCUT2D eigenvalue weighted by atomic mass is 9.84. The van der Waals surface area contributed by atoms with Crippen molar-refractivity contribution in [3.05, 3.63) is 141 Å². The van der Waals surface area contributed by atoms with Crippen LogP contribution in [-0.2, 0) is 17.0 Å². The summed E-state index contributed by atoms with van der Waals surface area (Å²) in [4.78, 5) is 4.29. The van der Waals surface area contributed by atoms with Crippen LogP contribution >= 0.6 is 23.2 Å². The second-order valence-electron chi connectivity index (χ2n) is 12.8. The molecule has 0 bridgehead atoms. The maximum Gasteiger partial charge on any atom is 0.416 e. The Morgan fingerprint density at radius 1 is 0.717 bits per heavy atom. The maximum atomic E-state index is 13.9. The summed E-state index contributed by atoms with van der Waals surface area (Å²) in [5.74, 6) is 4.72. The van der Waals surface area contributed by atoms with Crippen LogP contribution in [0.3, 0.4) is 0 Å². The summed E-state index contributed by atoms with van der Waals surface area (Å²) in [6, 6.07) is 29.2. The molecule has 0 aliphatic carbocycles. The van der Waals surface area contributed by atoms with Crippen molar-refractivity contribution >= 4 is 40.3 Å². The molecule has 4 nitrogen and oxygen atoms in total. The number of benzene rings is 4. The first-order valence-electron chi connectivity index (χ1n) is 15.0. The maximum absolute atomic E-state index is 13.9. The second kappa shape index (κ2) is 11.5. The zero-order valence-corrected chi connectivity index (χ0v) is 29.1. The normalized spacial score (nSPS) is 19.6. The number of anilines is 2. The van der Waals surface area contributed by atoms with Gasteiger partial charge in [-0.2, -0.15) is 13.2 Å². The molecule has 238 valence electrons. The van der Waals surface area contributed by atoms with E-state index in [-0.39, 0.29) is 5.69 Å². The Bertz CT molecular complexity index is 1850. The summed E-state index contributed by atoms with van der Waals surface area (Å²) in [5.41, 5.74) is 4.95. The molecule has 0 saturated carbocycles. The highest BCUT2D eigenvalue weighted by molar-refractivity contribution is 9.10. The van der Waals surface area contributed by atoms with E-state index in [4.69, 9.17) is 9.27 Å². The third-order valence-corrected chi connectivity index (χ3v) is 11.8. The van der Waals surface area contributed by atoms with Crippen molar-refractivity contribution < 1.29 is 17.7 Å². The summed E-state index contributed by atoms with van der Waals surface area (Å²) in [5, 5.41) is 0. The zero-order chi connectivity index (χ0) is 33.1.